The number of halogens is 1. The maximum atomic E-state index is 6.36. The van der Waals surface area contributed by atoms with Crippen LogP contribution in [0, 0.1) is 6.92 Å². The second-order valence-electron chi connectivity index (χ2n) is 6.38. The number of fused-ring (bicyclic) bond motifs is 6. The molecule has 0 N–H and O–H groups in total. The lowest BCUT2D eigenvalue weighted by Crippen LogP contribution is -2.45. The SMILES string of the molecule is Cc1ccc(-c2noc(N3CN=C4c5ccccc5-n5c(cnc5Cl)N43)n2)o1. The lowest BCUT2D eigenvalue weighted by atomic mass is 10.1. The third-order valence-electron chi connectivity index (χ3n) is 4.70. The second kappa shape index (κ2) is 5.46. The summed E-state index contributed by atoms with van der Waals surface area (Å²) in [5.41, 5.74) is 1.87. The van der Waals surface area contributed by atoms with Gasteiger partial charge in [-0.3, -0.25) is 4.57 Å². The van der Waals surface area contributed by atoms with E-state index in [1.165, 1.54) is 0 Å². The minimum Gasteiger partial charge on any atom is -0.458 e. The first-order valence-corrected chi connectivity index (χ1v) is 8.94. The number of hydrogen-bond acceptors (Lipinski definition) is 8. The Morgan fingerprint density at radius 2 is 2.04 bits per heavy atom. The van der Waals surface area contributed by atoms with Crippen molar-refractivity contribution in [2.24, 2.45) is 4.99 Å². The highest BCUT2D eigenvalue weighted by molar-refractivity contribution is 6.29. The fraction of sp³-hybridized carbons (Fsp3) is 0.111. The van der Waals surface area contributed by atoms with Crippen LogP contribution in [0.1, 0.15) is 11.3 Å². The van der Waals surface area contributed by atoms with Crippen LogP contribution < -0.4 is 10.0 Å². The van der Waals surface area contributed by atoms with Gasteiger partial charge in [-0.1, -0.05) is 17.3 Å². The maximum absolute atomic E-state index is 6.36. The van der Waals surface area contributed by atoms with Crippen LogP contribution in [0.4, 0.5) is 11.8 Å². The van der Waals surface area contributed by atoms with Gasteiger partial charge in [0, 0.05) is 5.56 Å². The zero-order valence-corrected chi connectivity index (χ0v) is 15.3. The highest BCUT2D eigenvalue weighted by Gasteiger charge is 2.39. The summed E-state index contributed by atoms with van der Waals surface area (Å²) in [5.74, 6) is 3.21. The summed E-state index contributed by atoms with van der Waals surface area (Å²) in [6, 6.07) is 11.9. The standard InChI is InChI=1S/C18H12ClN7O2/c1-10-6-7-13(27-10)15-22-18(28-23-15)24-9-21-16-11-4-2-3-5-12(11)25-14(26(16)24)8-20-17(25)19/h2-8H,9H2,1H3. The van der Waals surface area contributed by atoms with Crippen LogP contribution in [0.15, 0.2) is 56.5 Å². The minimum absolute atomic E-state index is 0.297. The number of imidazole rings is 1. The molecule has 0 saturated heterocycles. The third-order valence-corrected chi connectivity index (χ3v) is 4.96. The number of anilines is 2. The fourth-order valence-electron chi connectivity index (χ4n) is 3.48. The predicted octanol–water partition coefficient (Wildman–Crippen LogP) is 3.44. The Bertz CT molecular complexity index is 1250. The van der Waals surface area contributed by atoms with Crippen LogP contribution in [0.3, 0.4) is 0 Å². The number of rotatable bonds is 2. The Kier molecular flexibility index (Phi) is 3.01. The summed E-state index contributed by atoms with van der Waals surface area (Å²) in [4.78, 5) is 13.4. The molecule has 0 aliphatic carbocycles. The molecular formula is C18H12ClN7O2. The lowest BCUT2D eigenvalue weighted by molar-refractivity contribution is 0.414. The number of hydrazine groups is 1. The van der Waals surface area contributed by atoms with Gasteiger partial charge in [0.05, 0.1) is 11.9 Å². The number of benzene rings is 1. The molecule has 0 unspecified atom stereocenters. The van der Waals surface area contributed by atoms with Gasteiger partial charge >= 0.3 is 6.01 Å². The maximum Gasteiger partial charge on any atom is 0.345 e. The molecule has 3 aromatic heterocycles. The normalized spacial score (nSPS) is 14.7. The van der Waals surface area contributed by atoms with Gasteiger partial charge in [0.2, 0.25) is 11.1 Å². The number of amidine groups is 1. The number of aliphatic imine (C=N–C) groups is 1. The van der Waals surface area contributed by atoms with Crippen LogP contribution in [0.5, 0.6) is 0 Å². The number of nitrogens with zero attached hydrogens (tertiary/aromatic N) is 7. The molecule has 0 amide bonds. The molecule has 0 atom stereocenters. The Hall–Kier alpha value is -3.59. The molecule has 10 heteroatoms. The van der Waals surface area contributed by atoms with Crippen LogP contribution in [0.2, 0.25) is 5.28 Å². The third kappa shape index (κ3) is 2.01. The molecule has 0 spiro atoms. The number of aryl methyl sites for hydroxylation is 1. The largest absolute Gasteiger partial charge is 0.458 e. The number of furan rings is 1. The first kappa shape index (κ1) is 15.5. The number of aromatic nitrogens is 4. The lowest BCUT2D eigenvalue weighted by Gasteiger charge is -2.33. The topological polar surface area (TPSA) is 88.7 Å². The van der Waals surface area contributed by atoms with Crippen molar-refractivity contribution in [3.63, 3.8) is 0 Å². The van der Waals surface area contributed by atoms with E-state index in [9.17, 15) is 0 Å². The summed E-state index contributed by atoms with van der Waals surface area (Å²) in [7, 11) is 0. The quantitative estimate of drug-likeness (QED) is 0.515. The van der Waals surface area contributed by atoms with E-state index < -0.39 is 0 Å². The van der Waals surface area contributed by atoms with Gasteiger partial charge in [-0.15, -0.1) is 0 Å². The second-order valence-corrected chi connectivity index (χ2v) is 6.72. The Balaban J connectivity index is 1.46. The van der Waals surface area contributed by atoms with Gasteiger partial charge in [-0.05, 0) is 42.8 Å². The highest BCUT2D eigenvalue weighted by atomic mass is 35.5. The summed E-state index contributed by atoms with van der Waals surface area (Å²) in [6.45, 7) is 2.19. The van der Waals surface area contributed by atoms with Gasteiger partial charge in [-0.2, -0.15) is 4.98 Å². The van der Waals surface area contributed by atoms with Gasteiger partial charge in [0.1, 0.15) is 12.4 Å². The molecule has 9 nitrogen and oxygen atoms in total. The minimum atomic E-state index is 0.297. The highest BCUT2D eigenvalue weighted by Crippen LogP contribution is 2.38. The van der Waals surface area contributed by atoms with Crippen molar-refractivity contribution in [2.45, 2.75) is 6.92 Å². The Morgan fingerprint density at radius 3 is 2.89 bits per heavy atom. The van der Waals surface area contributed by atoms with Crippen molar-refractivity contribution in [3.05, 3.63) is 59.2 Å². The van der Waals surface area contributed by atoms with E-state index in [0.717, 1.165) is 28.7 Å². The first-order chi connectivity index (χ1) is 13.7. The van der Waals surface area contributed by atoms with E-state index in [0.29, 0.717) is 29.6 Å². The van der Waals surface area contributed by atoms with Crippen molar-refractivity contribution >= 4 is 29.3 Å². The Labute approximate surface area is 163 Å². The van der Waals surface area contributed by atoms with E-state index in [-0.39, 0.29) is 0 Å². The van der Waals surface area contributed by atoms with E-state index in [2.05, 4.69) is 20.1 Å². The summed E-state index contributed by atoms with van der Waals surface area (Å²) < 4.78 is 12.9. The van der Waals surface area contributed by atoms with E-state index in [1.807, 2.05) is 52.9 Å². The summed E-state index contributed by atoms with van der Waals surface area (Å²) in [5, 5.41) is 8.07. The molecule has 0 bridgehead atoms. The predicted molar refractivity (Wildman–Crippen MR) is 102 cm³/mol. The van der Waals surface area contributed by atoms with Gasteiger partial charge in [0.25, 0.3) is 0 Å². The molecular weight excluding hydrogens is 382 g/mol. The average molecular weight is 394 g/mol. The summed E-state index contributed by atoms with van der Waals surface area (Å²) >= 11 is 6.36. The monoisotopic (exact) mass is 393 g/mol. The van der Waals surface area contributed by atoms with Crippen molar-refractivity contribution in [2.75, 3.05) is 16.7 Å². The van der Waals surface area contributed by atoms with Crippen molar-refractivity contribution in [1.29, 1.82) is 0 Å². The molecule has 0 saturated carbocycles. The average Bonchev–Trinajstić information content (AvgIpc) is 3.47. The molecule has 5 heterocycles. The van der Waals surface area contributed by atoms with Crippen LogP contribution in [0.25, 0.3) is 17.3 Å². The van der Waals surface area contributed by atoms with E-state index in [1.54, 1.807) is 11.2 Å². The molecule has 0 radical (unpaired) electrons. The molecule has 4 aromatic rings. The first-order valence-electron chi connectivity index (χ1n) is 8.56. The molecule has 0 fully saturated rings. The van der Waals surface area contributed by atoms with Crippen LogP contribution in [-0.2, 0) is 0 Å². The zero-order chi connectivity index (χ0) is 18.8. The molecule has 138 valence electrons. The zero-order valence-electron chi connectivity index (χ0n) is 14.6. The van der Waals surface area contributed by atoms with Crippen LogP contribution >= 0.6 is 11.6 Å². The van der Waals surface area contributed by atoms with Gasteiger partial charge in [0.15, 0.2) is 17.4 Å². The van der Waals surface area contributed by atoms with E-state index >= 15 is 0 Å². The molecule has 2 aliphatic rings. The molecule has 28 heavy (non-hydrogen) atoms. The smallest absolute Gasteiger partial charge is 0.345 e. The van der Waals surface area contributed by atoms with E-state index in [4.69, 9.17) is 20.5 Å². The Morgan fingerprint density at radius 1 is 1.14 bits per heavy atom. The van der Waals surface area contributed by atoms with Gasteiger partial charge < -0.3 is 8.94 Å². The van der Waals surface area contributed by atoms with Crippen molar-refractivity contribution in [1.82, 2.24) is 19.7 Å². The van der Waals surface area contributed by atoms with Crippen molar-refractivity contribution < 1.29 is 8.94 Å². The number of hydrogen-bond donors (Lipinski definition) is 0. The summed E-state index contributed by atoms with van der Waals surface area (Å²) in [6.07, 6.45) is 1.69. The number of para-hydroxylation sites is 1. The molecule has 6 rings (SSSR count). The molecule has 1 aromatic carbocycles. The van der Waals surface area contributed by atoms with Crippen LogP contribution in [-0.4, -0.2) is 32.2 Å². The molecule has 2 aliphatic heterocycles. The fourth-order valence-corrected chi connectivity index (χ4v) is 3.71. The van der Waals surface area contributed by atoms with Crippen molar-refractivity contribution in [3.8, 4) is 17.3 Å². The van der Waals surface area contributed by atoms with Gasteiger partial charge in [-0.25, -0.2) is 20.0 Å².